The van der Waals surface area contributed by atoms with E-state index in [1.165, 1.54) is 19.4 Å². The van der Waals surface area contributed by atoms with Crippen LogP contribution in [0.5, 0.6) is 0 Å². The van der Waals surface area contributed by atoms with Crippen molar-refractivity contribution in [2.75, 3.05) is 26.2 Å². The third kappa shape index (κ3) is 2.55. The van der Waals surface area contributed by atoms with Gasteiger partial charge in [-0.05, 0) is 32.4 Å². The lowest BCUT2D eigenvalue weighted by Crippen LogP contribution is -2.40. The van der Waals surface area contributed by atoms with Gasteiger partial charge in [-0.3, -0.25) is 9.69 Å². The summed E-state index contributed by atoms with van der Waals surface area (Å²) in [6.45, 7) is 4.52. The zero-order chi connectivity index (χ0) is 9.80. The molecule has 2 aliphatic rings. The number of Topliss-reactive ketones (excluding diaryl/α,β-unsaturated/α-hetero) is 1. The van der Waals surface area contributed by atoms with E-state index in [9.17, 15) is 4.79 Å². The van der Waals surface area contributed by atoms with E-state index in [0.29, 0.717) is 11.8 Å². The fourth-order valence-corrected chi connectivity index (χ4v) is 2.55. The molecule has 1 aliphatic heterocycles. The molecule has 2 rings (SSSR count). The molecule has 2 fully saturated rings. The van der Waals surface area contributed by atoms with Crippen molar-refractivity contribution in [3.05, 3.63) is 0 Å². The molecule has 0 aromatic carbocycles. The highest BCUT2D eigenvalue weighted by Crippen LogP contribution is 2.20. The molecule has 1 unspecified atom stereocenters. The van der Waals surface area contributed by atoms with Gasteiger partial charge in [0, 0.05) is 32.0 Å². The van der Waals surface area contributed by atoms with Crippen molar-refractivity contribution in [1.29, 1.82) is 0 Å². The molecule has 3 heteroatoms. The summed E-state index contributed by atoms with van der Waals surface area (Å²) < 4.78 is 0. The van der Waals surface area contributed by atoms with Crippen LogP contribution in [-0.4, -0.2) is 42.9 Å². The molecule has 80 valence electrons. The quantitative estimate of drug-likeness (QED) is 0.673. The van der Waals surface area contributed by atoms with Crippen LogP contribution in [-0.2, 0) is 4.79 Å². The zero-order valence-electron chi connectivity index (χ0n) is 8.80. The van der Waals surface area contributed by atoms with Crippen LogP contribution in [0.4, 0.5) is 0 Å². The van der Waals surface area contributed by atoms with Crippen LogP contribution in [0, 0.1) is 0 Å². The molecule has 0 bridgehead atoms. The summed E-state index contributed by atoms with van der Waals surface area (Å²) in [5.41, 5.74) is 0. The molecule has 0 amide bonds. The van der Waals surface area contributed by atoms with Gasteiger partial charge >= 0.3 is 0 Å². The van der Waals surface area contributed by atoms with Gasteiger partial charge in [-0.1, -0.05) is 0 Å². The number of rotatable bonds is 1. The first-order chi connectivity index (χ1) is 6.86. The monoisotopic (exact) mass is 196 g/mol. The Kier molecular flexibility index (Phi) is 3.54. The number of nitrogens with one attached hydrogen (secondary N) is 1. The minimum absolute atomic E-state index is 0.471. The van der Waals surface area contributed by atoms with Crippen LogP contribution in [0.2, 0.25) is 0 Å². The Morgan fingerprint density at radius 3 is 3.00 bits per heavy atom. The zero-order valence-corrected chi connectivity index (χ0v) is 8.80. The second kappa shape index (κ2) is 4.89. The molecule has 1 saturated heterocycles. The molecule has 14 heavy (non-hydrogen) atoms. The lowest BCUT2D eigenvalue weighted by atomic mass is 9.93. The van der Waals surface area contributed by atoms with E-state index in [2.05, 4.69) is 10.2 Å². The first kappa shape index (κ1) is 10.1. The molecule has 1 saturated carbocycles. The Bertz CT molecular complexity index is 197. The normalized spacial score (nSPS) is 31.4. The summed E-state index contributed by atoms with van der Waals surface area (Å²) in [6.07, 6.45) is 5.19. The molecule has 0 aromatic rings. The van der Waals surface area contributed by atoms with Gasteiger partial charge in [0.25, 0.3) is 0 Å². The third-order valence-electron chi connectivity index (χ3n) is 3.35. The van der Waals surface area contributed by atoms with E-state index in [1.807, 2.05) is 0 Å². The Morgan fingerprint density at radius 1 is 1.21 bits per heavy atom. The topological polar surface area (TPSA) is 32.3 Å². The highest BCUT2D eigenvalue weighted by molar-refractivity contribution is 5.79. The number of carbonyl (C=O) groups is 1. The fourth-order valence-electron chi connectivity index (χ4n) is 2.55. The second-order valence-corrected chi connectivity index (χ2v) is 4.43. The lowest BCUT2D eigenvalue weighted by molar-refractivity contribution is -0.122. The molecular weight excluding hydrogens is 176 g/mol. The molecule has 1 heterocycles. The molecule has 1 N–H and O–H groups in total. The summed E-state index contributed by atoms with van der Waals surface area (Å²) in [4.78, 5) is 13.9. The van der Waals surface area contributed by atoms with Gasteiger partial charge in [0.05, 0.1) is 0 Å². The van der Waals surface area contributed by atoms with Crippen molar-refractivity contribution in [1.82, 2.24) is 10.2 Å². The Balaban J connectivity index is 1.88. The van der Waals surface area contributed by atoms with Crippen molar-refractivity contribution in [3.8, 4) is 0 Å². The molecular formula is C11H20N2O. The second-order valence-electron chi connectivity index (χ2n) is 4.43. The lowest BCUT2D eigenvalue weighted by Gasteiger charge is -2.32. The minimum atomic E-state index is 0.471. The van der Waals surface area contributed by atoms with Gasteiger partial charge in [-0.25, -0.2) is 0 Å². The number of hydrogen-bond donors (Lipinski definition) is 1. The average molecular weight is 196 g/mol. The van der Waals surface area contributed by atoms with Crippen LogP contribution in [0.3, 0.4) is 0 Å². The SMILES string of the molecule is O=C1CCCC(N2CCCNCC2)C1. The summed E-state index contributed by atoms with van der Waals surface area (Å²) in [7, 11) is 0. The van der Waals surface area contributed by atoms with E-state index in [0.717, 1.165) is 38.9 Å². The van der Waals surface area contributed by atoms with E-state index >= 15 is 0 Å². The predicted octanol–water partition coefficient (Wildman–Crippen LogP) is 0.793. The number of carbonyl (C=O) groups excluding carboxylic acids is 1. The summed E-state index contributed by atoms with van der Waals surface area (Å²) >= 11 is 0. The fraction of sp³-hybridized carbons (Fsp3) is 0.909. The van der Waals surface area contributed by atoms with Crippen LogP contribution >= 0.6 is 0 Å². The van der Waals surface area contributed by atoms with Crippen LogP contribution in [0.25, 0.3) is 0 Å². The van der Waals surface area contributed by atoms with Crippen LogP contribution in [0.15, 0.2) is 0 Å². The van der Waals surface area contributed by atoms with E-state index in [4.69, 9.17) is 0 Å². The maximum atomic E-state index is 11.4. The summed E-state index contributed by atoms with van der Waals surface area (Å²) in [5.74, 6) is 0.471. The van der Waals surface area contributed by atoms with Crippen molar-refractivity contribution >= 4 is 5.78 Å². The molecule has 0 aromatic heterocycles. The van der Waals surface area contributed by atoms with Crippen molar-refractivity contribution in [2.24, 2.45) is 0 Å². The van der Waals surface area contributed by atoms with Crippen molar-refractivity contribution in [2.45, 2.75) is 38.1 Å². The maximum Gasteiger partial charge on any atom is 0.134 e. The van der Waals surface area contributed by atoms with Gasteiger partial charge in [0.15, 0.2) is 0 Å². The summed E-state index contributed by atoms with van der Waals surface area (Å²) in [5, 5.41) is 3.40. The Morgan fingerprint density at radius 2 is 2.14 bits per heavy atom. The number of nitrogens with zero attached hydrogens (tertiary/aromatic N) is 1. The standard InChI is InChI=1S/C11H20N2O/c14-11-4-1-3-10(9-11)13-7-2-5-12-6-8-13/h10,12H,1-9H2. The van der Waals surface area contributed by atoms with Gasteiger partial charge in [-0.15, -0.1) is 0 Å². The molecule has 0 spiro atoms. The molecule has 0 radical (unpaired) electrons. The Labute approximate surface area is 85.8 Å². The first-order valence-electron chi connectivity index (χ1n) is 5.83. The Hall–Kier alpha value is -0.410. The van der Waals surface area contributed by atoms with Gasteiger partial charge in [0.1, 0.15) is 5.78 Å². The van der Waals surface area contributed by atoms with Crippen LogP contribution in [0.1, 0.15) is 32.1 Å². The van der Waals surface area contributed by atoms with Crippen molar-refractivity contribution in [3.63, 3.8) is 0 Å². The van der Waals surface area contributed by atoms with Crippen molar-refractivity contribution < 1.29 is 4.79 Å². The predicted molar refractivity (Wildman–Crippen MR) is 56.3 cm³/mol. The highest BCUT2D eigenvalue weighted by Gasteiger charge is 2.25. The third-order valence-corrected chi connectivity index (χ3v) is 3.35. The molecule has 3 nitrogen and oxygen atoms in total. The van der Waals surface area contributed by atoms with Gasteiger partial charge in [-0.2, -0.15) is 0 Å². The van der Waals surface area contributed by atoms with Crippen LogP contribution < -0.4 is 5.32 Å². The number of ketones is 1. The maximum absolute atomic E-state index is 11.4. The largest absolute Gasteiger partial charge is 0.315 e. The number of hydrogen-bond acceptors (Lipinski definition) is 3. The van der Waals surface area contributed by atoms with E-state index in [1.54, 1.807) is 0 Å². The van der Waals surface area contributed by atoms with E-state index in [-0.39, 0.29) is 0 Å². The smallest absolute Gasteiger partial charge is 0.134 e. The minimum Gasteiger partial charge on any atom is -0.315 e. The van der Waals surface area contributed by atoms with Gasteiger partial charge in [0.2, 0.25) is 0 Å². The van der Waals surface area contributed by atoms with E-state index < -0.39 is 0 Å². The summed E-state index contributed by atoms with van der Waals surface area (Å²) in [6, 6.07) is 0.552. The average Bonchev–Trinajstić information content (AvgIpc) is 2.45. The molecule has 1 atom stereocenters. The molecule has 1 aliphatic carbocycles. The first-order valence-corrected chi connectivity index (χ1v) is 5.83. The highest BCUT2D eigenvalue weighted by atomic mass is 16.1. The van der Waals surface area contributed by atoms with Gasteiger partial charge < -0.3 is 5.32 Å².